The molecule has 4 nitrogen and oxygen atoms in total. The van der Waals surface area contributed by atoms with Crippen molar-refractivity contribution < 1.29 is 4.92 Å². The second kappa shape index (κ2) is 3.72. The van der Waals surface area contributed by atoms with Crippen molar-refractivity contribution in [2.75, 3.05) is 0 Å². The minimum absolute atomic E-state index is 0.0108. The van der Waals surface area contributed by atoms with E-state index in [2.05, 4.69) is 0 Å². The molecule has 5 heteroatoms. The molecular formula is C8H9ClN2O2. The third-order valence-electron chi connectivity index (χ3n) is 1.68. The smallest absolute Gasteiger partial charge is 0.269 e. The van der Waals surface area contributed by atoms with Crippen LogP contribution in [0.25, 0.3) is 0 Å². The molecule has 0 aliphatic carbocycles. The normalized spacial score (nSPS) is 12.5. The molecule has 0 fully saturated rings. The largest absolute Gasteiger partial charge is 0.324 e. The number of nitro benzene ring substituents is 1. The van der Waals surface area contributed by atoms with Crippen LogP contribution < -0.4 is 5.73 Å². The SMILES string of the molecule is C[C@@H](N)c1cc([N+](=O)[O-])ccc1Cl. The minimum atomic E-state index is -0.470. The highest BCUT2D eigenvalue weighted by molar-refractivity contribution is 6.31. The number of nitro groups is 1. The van der Waals surface area contributed by atoms with Crippen LogP contribution in [0, 0.1) is 10.1 Å². The van der Waals surface area contributed by atoms with Gasteiger partial charge in [0.25, 0.3) is 5.69 Å². The van der Waals surface area contributed by atoms with Gasteiger partial charge in [0.15, 0.2) is 0 Å². The molecule has 0 aromatic heterocycles. The van der Waals surface area contributed by atoms with Gasteiger partial charge in [-0.3, -0.25) is 10.1 Å². The Morgan fingerprint density at radius 3 is 2.69 bits per heavy atom. The maximum atomic E-state index is 10.4. The van der Waals surface area contributed by atoms with Gasteiger partial charge in [0.2, 0.25) is 0 Å². The maximum Gasteiger partial charge on any atom is 0.269 e. The number of hydrogen-bond acceptors (Lipinski definition) is 3. The highest BCUT2D eigenvalue weighted by atomic mass is 35.5. The Bertz CT molecular complexity index is 339. The van der Waals surface area contributed by atoms with Crippen molar-refractivity contribution in [1.82, 2.24) is 0 Å². The monoisotopic (exact) mass is 200 g/mol. The maximum absolute atomic E-state index is 10.4. The Labute approximate surface area is 80.5 Å². The molecule has 0 saturated carbocycles. The number of rotatable bonds is 2. The van der Waals surface area contributed by atoms with Gasteiger partial charge in [-0.2, -0.15) is 0 Å². The molecule has 0 amide bonds. The molecule has 1 rings (SSSR count). The lowest BCUT2D eigenvalue weighted by Crippen LogP contribution is -2.06. The molecular weight excluding hydrogens is 192 g/mol. The van der Waals surface area contributed by atoms with E-state index in [9.17, 15) is 10.1 Å². The van der Waals surface area contributed by atoms with Crippen molar-refractivity contribution >= 4 is 17.3 Å². The van der Waals surface area contributed by atoms with Crippen molar-refractivity contribution in [3.05, 3.63) is 38.9 Å². The van der Waals surface area contributed by atoms with E-state index in [1.807, 2.05) is 0 Å². The van der Waals surface area contributed by atoms with Gasteiger partial charge in [-0.25, -0.2) is 0 Å². The Hall–Kier alpha value is -1.13. The van der Waals surface area contributed by atoms with Crippen LogP contribution in [0.3, 0.4) is 0 Å². The summed E-state index contributed by atoms with van der Waals surface area (Å²) in [6.07, 6.45) is 0. The first-order chi connectivity index (χ1) is 6.02. The van der Waals surface area contributed by atoms with E-state index in [0.717, 1.165) is 0 Å². The van der Waals surface area contributed by atoms with Crippen LogP contribution in [-0.4, -0.2) is 4.92 Å². The van der Waals surface area contributed by atoms with Crippen LogP contribution in [0.4, 0.5) is 5.69 Å². The van der Waals surface area contributed by atoms with Crippen LogP contribution in [0.1, 0.15) is 18.5 Å². The van der Waals surface area contributed by atoms with Gasteiger partial charge in [0, 0.05) is 23.2 Å². The number of halogens is 1. The number of hydrogen-bond donors (Lipinski definition) is 1. The lowest BCUT2D eigenvalue weighted by molar-refractivity contribution is -0.384. The van der Waals surface area contributed by atoms with Gasteiger partial charge in [0.05, 0.1) is 4.92 Å². The number of nitrogens with zero attached hydrogens (tertiary/aromatic N) is 1. The molecule has 0 aliphatic rings. The van der Waals surface area contributed by atoms with E-state index in [1.165, 1.54) is 18.2 Å². The molecule has 1 aromatic carbocycles. The molecule has 0 radical (unpaired) electrons. The third kappa shape index (κ3) is 2.17. The van der Waals surface area contributed by atoms with E-state index in [-0.39, 0.29) is 11.7 Å². The van der Waals surface area contributed by atoms with Crippen molar-refractivity contribution in [3.8, 4) is 0 Å². The average molecular weight is 201 g/mol. The van der Waals surface area contributed by atoms with Crippen molar-refractivity contribution in [2.24, 2.45) is 5.73 Å². The topological polar surface area (TPSA) is 69.2 Å². The summed E-state index contributed by atoms with van der Waals surface area (Å²) in [5.74, 6) is 0. The van der Waals surface area contributed by atoms with Crippen LogP contribution >= 0.6 is 11.6 Å². The molecule has 70 valence electrons. The first-order valence-corrected chi connectivity index (χ1v) is 4.09. The van der Waals surface area contributed by atoms with Crippen molar-refractivity contribution in [3.63, 3.8) is 0 Å². The number of non-ortho nitro benzene ring substituents is 1. The van der Waals surface area contributed by atoms with E-state index in [4.69, 9.17) is 17.3 Å². The third-order valence-corrected chi connectivity index (χ3v) is 2.03. The second-order valence-electron chi connectivity index (χ2n) is 2.75. The predicted octanol–water partition coefficient (Wildman–Crippen LogP) is 2.27. The van der Waals surface area contributed by atoms with E-state index >= 15 is 0 Å². The molecule has 0 spiro atoms. The van der Waals surface area contributed by atoms with Gasteiger partial charge in [-0.1, -0.05) is 11.6 Å². The summed E-state index contributed by atoms with van der Waals surface area (Å²) in [4.78, 5) is 9.94. The molecule has 1 atom stereocenters. The minimum Gasteiger partial charge on any atom is -0.324 e. The first kappa shape index (κ1) is 9.95. The fourth-order valence-electron chi connectivity index (χ4n) is 0.994. The number of benzene rings is 1. The summed E-state index contributed by atoms with van der Waals surface area (Å²) in [5, 5.41) is 10.9. The van der Waals surface area contributed by atoms with Crippen LogP contribution in [0.2, 0.25) is 5.02 Å². The number of nitrogens with two attached hydrogens (primary N) is 1. The molecule has 1 aromatic rings. The molecule has 0 bridgehead atoms. The van der Waals surface area contributed by atoms with Crippen LogP contribution in [0.5, 0.6) is 0 Å². The van der Waals surface area contributed by atoms with Crippen molar-refractivity contribution in [1.29, 1.82) is 0 Å². The van der Waals surface area contributed by atoms with Crippen molar-refractivity contribution in [2.45, 2.75) is 13.0 Å². The predicted molar refractivity (Wildman–Crippen MR) is 50.7 cm³/mol. The van der Waals surface area contributed by atoms with E-state index in [1.54, 1.807) is 6.92 Å². The zero-order valence-corrected chi connectivity index (χ0v) is 7.78. The molecule has 0 saturated heterocycles. The van der Waals surface area contributed by atoms with Crippen LogP contribution in [-0.2, 0) is 0 Å². The van der Waals surface area contributed by atoms with E-state index < -0.39 is 4.92 Å². The van der Waals surface area contributed by atoms with E-state index in [0.29, 0.717) is 10.6 Å². The summed E-state index contributed by atoms with van der Waals surface area (Å²) in [5.41, 5.74) is 6.18. The Kier molecular flexibility index (Phi) is 2.85. The Morgan fingerprint density at radius 2 is 2.23 bits per heavy atom. The molecule has 13 heavy (non-hydrogen) atoms. The molecule has 2 N–H and O–H groups in total. The zero-order valence-electron chi connectivity index (χ0n) is 7.03. The average Bonchev–Trinajstić information content (AvgIpc) is 2.04. The highest BCUT2D eigenvalue weighted by Gasteiger charge is 2.11. The summed E-state index contributed by atoms with van der Waals surface area (Å²) < 4.78 is 0. The van der Waals surface area contributed by atoms with Gasteiger partial charge < -0.3 is 5.73 Å². The summed E-state index contributed by atoms with van der Waals surface area (Å²) in [6.45, 7) is 1.73. The lowest BCUT2D eigenvalue weighted by Gasteiger charge is -2.06. The summed E-state index contributed by atoms with van der Waals surface area (Å²) in [6, 6.07) is 3.94. The summed E-state index contributed by atoms with van der Waals surface area (Å²) >= 11 is 5.79. The van der Waals surface area contributed by atoms with Gasteiger partial charge in [-0.15, -0.1) is 0 Å². The summed E-state index contributed by atoms with van der Waals surface area (Å²) in [7, 11) is 0. The molecule has 0 aliphatic heterocycles. The standard InChI is InChI=1S/C8H9ClN2O2/c1-5(10)7-4-6(11(12)13)2-3-8(7)9/h2-5H,10H2,1H3/t5-/m1/s1. The lowest BCUT2D eigenvalue weighted by atomic mass is 10.1. The second-order valence-corrected chi connectivity index (χ2v) is 3.16. The quantitative estimate of drug-likeness (QED) is 0.588. The van der Waals surface area contributed by atoms with Gasteiger partial charge in [-0.05, 0) is 18.6 Å². The Balaban J connectivity index is 3.19. The Morgan fingerprint density at radius 1 is 1.62 bits per heavy atom. The van der Waals surface area contributed by atoms with Crippen LogP contribution in [0.15, 0.2) is 18.2 Å². The molecule has 0 heterocycles. The highest BCUT2D eigenvalue weighted by Crippen LogP contribution is 2.25. The van der Waals surface area contributed by atoms with Gasteiger partial charge >= 0.3 is 0 Å². The fraction of sp³-hybridized carbons (Fsp3) is 0.250. The first-order valence-electron chi connectivity index (χ1n) is 3.72. The molecule has 0 unspecified atom stereocenters. The zero-order chi connectivity index (χ0) is 10.0. The van der Waals surface area contributed by atoms with Gasteiger partial charge in [0.1, 0.15) is 0 Å². The fourth-order valence-corrected chi connectivity index (χ4v) is 1.28.